The maximum absolute atomic E-state index is 5.95. The lowest BCUT2D eigenvalue weighted by atomic mass is 10.1. The van der Waals surface area contributed by atoms with Crippen LogP contribution in [0.2, 0.25) is 0 Å². The molecular formula is C12H17ClN4OS. The molecule has 1 fully saturated rings. The number of nitrogens with zero attached hydrogens (tertiary/aromatic N) is 3. The van der Waals surface area contributed by atoms with Gasteiger partial charge in [-0.15, -0.1) is 12.4 Å². The van der Waals surface area contributed by atoms with Crippen LogP contribution in [0.4, 0.5) is 0 Å². The molecule has 2 N–H and O–H groups in total. The van der Waals surface area contributed by atoms with Crippen molar-refractivity contribution < 1.29 is 4.52 Å². The zero-order valence-corrected chi connectivity index (χ0v) is 12.1. The summed E-state index contributed by atoms with van der Waals surface area (Å²) < 4.78 is 5.29. The molecule has 5 nitrogen and oxygen atoms in total. The van der Waals surface area contributed by atoms with Crippen molar-refractivity contribution in [3.63, 3.8) is 0 Å². The minimum Gasteiger partial charge on any atom is -0.338 e. The van der Waals surface area contributed by atoms with Gasteiger partial charge in [0, 0.05) is 23.5 Å². The molecule has 3 rings (SSSR count). The number of hydrogen-bond donors (Lipinski definition) is 1. The van der Waals surface area contributed by atoms with Crippen LogP contribution in [-0.4, -0.2) is 34.2 Å². The van der Waals surface area contributed by atoms with Gasteiger partial charge in [-0.2, -0.15) is 16.3 Å². The van der Waals surface area contributed by atoms with Gasteiger partial charge in [0.05, 0.1) is 6.54 Å². The molecule has 0 bridgehead atoms. The summed E-state index contributed by atoms with van der Waals surface area (Å²) >= 11 is 1.63. The van der Waals surface area contributed by atoms with Crippen LogP contribution in [0.5, 0.6) is 0 Å². The highest BCUT2D eigenvalue weighted by Crippen LogP contribution is 2.19. The van der Waals surface area contributed by atoms with E-state index in [0.29, 0.717) is 18.3 Å². The highest BCUT2D eigenvalue weighted by molar-refractivity contribution is 7.08. The van der Waals surface area contributed by atoms with Gasteiger partial charge in [0.1, 0.15) is 0 Å². The summed E-state index contributed by atoms with van der Waals surface area (Å²) in [6.07, 6.45) is 2.26. The zero-order valence-electron chi connectivity index (χ0n) is 10.5. The Balaban J connectivity index is 0.00000133. The molecule has 2 aromatic heterocycles. The summed E-state index contributed by atoms with van der Waals surface area (Å²) in [5.41, 5.74) is 6.97. The van der Waals surface area contributed by atoms with Gasteiger partial charge in [-0.3, -0.25) is 4.90 Å². The Kier molecular flexibility index (Phi) is 4.93. The number of aromatic nitrogens is 2. The summed E-state index contributed by atoms with van der Waals surface area (Å²) in [6.45, 7) is 2.67. The van der Waals surface area contributed by atoms with Crippen molar-refractivity contribution in [3.8, 4) is 11.4 Å². The van der Waals surface area contributed by atoms with E-state index in [1.54, 1.807) is 11.3 Å². The Morgan fingerprint density at radius 3 is 3.16 bits per heavy atom. The van der Waals surface area contributed by atoms with E-state index in [1.165, 1.54) is 0 Å². The van der Waals surface area contributed by atoms with Crippen LogP contribution in [-0.2, 0) is 6.54 Å². The largest absolute Gasteiger partial charge is 0.338 e. The standard InChI is InChI=1S/C12H16N4OS.ClH/c13-10-2-1-4-16(6-10)7-11-14-12(15-17-11)9-3-5-18-8-9;/h3,5,8,10H,1-2,4,6-7,13H2;1H/t10-;/m1./s1. The monoisotopic (exact) mass is 300 g/mol. The van der Waals surface area contributed by atoms with Gasteiger partial charge in [0.15, 0.2) is 0 Å². The molecule has 7 heteroatoms. The minimum absolute atomic E-state index is 0. The van der Waals surface area contributed by atoms with Gasteiger partial charge in [-0.05, 0) is 30.8 Å². The zero-order chi connectivity index (χ0) is 12.4. The molecule has 0 unspecified atom stereocenters. The summed E-state index contributed by atoms with van der Waals surface area (Å²) in [4.78, 5) is 6.70. The van der Waals surface area contributed by atoms with Gasteiger partial charge >= 0.3 is 0 Å². The maximum Gasteiger partial charge on any atom is 0.241 e. The van der Waals surface area contributed by atoms with Crippen molar-refractivity contribution in [2.45, 2.75) is 25.4 Å². The number of rotatable bonds is 3. The van der Waals surface area contributed by atoms with Gasteiger partial charge in [0.25, 0.3) is 0 Å². The van der Waals surface area contributed by atoms with E-state index in [1.807, 2.05) is 16.8 Å². The van der Waals surface area contributed by atoms with E-state index in [4.69, 9.17) is 10.3 Å². The fourth-order valence-electron chi connectivity index (χ4n) is 2.25. The Morgan fingerprint density at radius 1 is 1.53 bits per heavy atom. The molecule has 3 heterocycles. The third kappa shape index (κ3) is 3.54. The first-order chi connectivity index (χ1) is 8.81. The number of piperidine rings is 1. The van der Waals surface area contributed by atoms with Crippen molar-refractivity contribution in [2.75, 3.05) is 13.1 Å². The van der Waals surface area contributed by atoms with Gasteiger partial charge < -0.3 is 10.3 Å². The molecule has 1 aliphatic heterocycles. The van der Waals surface area contributed by atoms with Gasteiger partial charge in [-0.1, -0.05) is 5.16 Å². The lowest BCUT2D eigenvalue weighted by molar-refractivity contribution is 0.178. The first-order valence-corrected chi connectivity index (χ1v) is 7.08. The third-order valence-corrected chi connectivity index (χ3v) is 3.83. The maximum atomic E-state index is 5.95. The van der Waals surface area contributed by atoms with E-state index in [9.17, 15) is 0 Å². The van der Waals surface area contributed by atoms with Crippen molar-refractivity contribution in [1.82, 2.24) is 15.0 Å². The van der Waals surface area contributed by atoms with Crippen LogP contribution in [0.1, 0.15) is 18.7 Å². The quantitative estimate of drug-likeness (QED) is 0.940. The fraction of sp³-hybridized carbons (Fsp3) is 0.500. The molecule has 1 atom stereocenters. The molecule has 19 heavy (non-hydrogen) atoms. The SMILES string of the molecule is Cl.N[C@@H]1CCCN(Cc2nc(-c3ccsc3)no2)C1. The Morgan fingerprint density at radius 2 is 2.42 bits per heavy atom. The summed E-state index contributed by atoms with van der Waals surface area (Å²) in [6, 6.07) is 2.27. The fourth-order valence-corrected chi connectivity index (χ4v) is 2.89. The Labute approximate surface area is 122 Å². The highest BCUT2D eigenvalue weighted by Gasteiger charge is 2.19. The van der Waals surface area contributed by atoms with Crippen LogP contribution in [0.25, 0.3) is 11.4 Å². The lowest BCUT2D eigenvalue weighted by Crippen LogP contribution is -2.42. The normalized spacial score (nSPS) is 20.2. The molecule has 0 spiro atoms. The van der Waals surface area contributed by atoms with E-state index >= 15 is 0 Å². The molecular weight excluding hydrogens is 284 g/mol. The predicted molar refractivity (Wildman–Crippen MR) is 77.3 cm³/mol. The first-order valence-electron chi connectivity index (χ1n) is 6.14. The van der Waals surface area contributed by atoms with Crippen LogP contribution >= 0.6 is 23.7 Å². The van der Waals surface area contributed by atoms with E-state index in [2.05, 4.69) is 15.0 Å². The molecule has 0 aliphatic carbocycles. The molecule has 0 radical (unpaired) electrons. The number of thiophene rings is 1. The first kappa shape index (κ1) is 14.5. The molecule has 104 valence electrons. The van der Waals surface area contributed by atoms with Gasteiger partial charge in [0.2, 0.25) is 11.7 Å². The Hall–Kier alpha value is -0.950. The van der Waals surface area contributed by atoms with Crippen LogP contribution < -0.4 is 5.73 Å². The number of nitrogens with two attached hydrogens (primary N) is 1. The molecule has 0 aromatic carbocycles. The van der Waals surface area contributed by atoms with Crippen LogP contribution in [0.3, 0.4) is 0 Å². The summed E-state index contributed by atoms with van der Waals surface area (Å²) in [7, 11) is 0. The van der Waals surface area contributed by atoms with Crippen molar-refractivity contribution in [1.29, 1.82) is 0 Å². The number of hydrogen-bond acceptors (Lipinski definition) is 6. The molecule has 2 aromatic rings. The lowest BCUT2D eigenvalue weighted by Gasteiger charge is -2.29. The number of likely N-dealkylation sites (tertiary alicyclic amines) is 1. The third-order valence-electron chi connectivity index (χ3n) is 3.15. The van der Waals surface area contributed by atoms with E-state index in [0.717, 1.165) is 31.5 Å². The van der Waals surface area contributed by atoms with Crippen molar-refractivity contribution >= 4 is 23.7 Å². The summed E-state index contributed by atoms with van der Waals surface area (Å²) in [5, 5.41) is 8.03. The van der Waals surface area contributed by atoms with Crippen LogP contribution in [0, 0.1) is 0 Å². The van der Waals surface area contributed by atoms with E-state index < -0.39 is 0 Å². The second-order valence-electron chi connectivity index (χ2n) is 4.66. The predicted octanol–water partition coefficient (Wildman–Crippen LogP) is 2.14. The van der Waals surface area contributed by atoms with E-state index in [-0.39, 0.29) is 18.4 Å². The summed E-state index contributed by atoms with van der Waals surface area (Å²) in [5.74, 6) is 1.35. The number of halogens is 1. The van der Waals surface area contributed by atoms with Crippen molar-refractivity contribution in [2.24, 2.45) is 5.73 Å². The molecule has 0 amide bonds. The average Bonchev–Trinajstić information content (AvgIpc) is 2.98. The molecule has 1 saturated heterocycles. The second-order valence-corrected chi connectivity index (χ2v) is 5.44. The molecule has 0 saturated carbocycles. The minimum atomic E-state index is 0. The smallest absolute Gasteiger partial charge is 0.241 e. The Bertz CT molecular complexity index is 502. The highest BCUT2D eigenvalue weighted by atomic mass is 35.5. The van der Waals surface area contributed by atoms with Crippen molar-refractivity contribution in [3.05, 3.63) is 22.7 Å². The second kappa shape index (κ2) is 6.47. The van der Waals surface area contributed by atoms with Gasteiger partial charge in [-0.25, -0.2) is 0 Å². The topological polar surface area (TPSA) is 68.2 Å². The van der Waals surface area contributed by atoms with Crippen LogP contribution in [0.15, 0.2) is 21.3 Å². The average molecular weight is 301 g/mol. The molecule has 1 aliphatic rings.